The highest BCUT2D eigenvalue weighted by molar-refractivity contribution is 7.13. The van der Waals surface area contributed by atoms with Crippen LogP contribution in [0.1, 0.15) is 32.6 Å². The molecule has 3 N–H and O–H groups in total. The fourth-order valence-corrected chi connectivity index (χ4v) is 3.75. The number of aromatic nitrogens is 1. The minimum Gasteiger partial charge on any atom is -0.326 e. The molecule has 3 rings (SSSR count). The Morgan fingerprint density at radius 3 is 3.05 bits per heavy atom. The van der Waals surface area contributed by atoms with Gasteiger partial charge >= 0.3 is 0 Å². The number of benzene rings is 1. The third kappa shape index (κ3) is 3.20. The summed E-state index contributed by atoms with van der Waals surface area (Å²) in [7, 11) is 0. The van der Waals surface area contributed by atoms with Crippen LogP contribution in [0.3, 0.4) is 0 Å². The van der Waals surface area contributed by atoms with E-state index in [1.165, 1.54) is 0 Å². The van der Waals surface area contributed by atoms with Gasteiger partial charge in [-0.3, -0.25) is 4.79 Å². The SMILES string of the molecule is CC1(N)CCCCC1C(=O)Nc1cccc(-c2nccs2)c1. The summed E-state index contributed by atoms with van der Waals surface area (Å²) in [5, 5.41) is 5.93. The van der Waals surface area contributed by atoms with Crippen LogP contribution < -0.4 is 11.1 Å². The van der Waals surface area contributed by atoms with Crippen LogP contribution in [0.4, 0.5) is 5.69 Å². The van der Waals surface area contributed by atoms with E-state index >= 15 is 0 Å². The predicted molar refractivity (Wildman–Crippen MR) is 90.7 cm³/mol. The topological polar surface area (TPSA) is 68.0 Å². The number of carbonyl (C=O) groups is 1. The van der Waals surface area contributed by atoms with Crippen LogP contribution in [0, 0.1) is 5.92 Å². The van der Waals surface area contributed by atoms with Crippen LogP contribution in [0.15, 0.2) is 35.8 Å². The zero-order valence-corrected chi connectivity index (χ0v) is 13.5. The first-order valence-electron chi connectivity index (χ1n) is 7.66. The molecule has 5 heteroatoms. The second-order valence-electron chi connectivity index (χ2n) is 6.21. The molecule has 1 heterocycles. The number of nitrogens with zero attached hydrogens (tertiary/aromatic N) is 1. The summed E-state index contributed by atoms with van der Waals surface area (Å²) in [4.78, 5) is 16.9. The maximum atomic E-state index is 12.6. The van der Waals surface area contributed by atoms with E-state index in [1.807, 2.05) is 36.6 Å². The van der Waals surface area contributed by atoms with Gasteiger partial charge < -0.3 is 11.1 Å². The first-order valence-corrected chi connectivity index (χ1v) is 8.54. The summed E-state index contributed by atoms with van der Waals surface area (Å²) in [6.07, 6.45) is 5.74. The van der Waals surface area contributed by atoms with Crippen LogP contribution in [0.5, 0.6) is 0 Å². The van der Waals surface area contributed by atoms with Gasteiger partial charge in [-0.05, 0) is 31.9 Å². The average Bonchev–Trinajstić information content (AvgIpc) is 3.01. The van der Waals surface area contributed by atoms with E-state index in [9.17, 15) is 4.79 Å². The van der Waals surface area contributed by atoms with E-state index < -0.39 is 5.54 Å². The van der Waals surface area contributed by atoms with Crippen molar-refractivity contribution in [2.45, 2.75) is 38.1 Å². The number of thiazole rings is 1. The van der Waals surface area contributed by atoms with Crippen LogP contribution in [0.2, 0.25) is 0 Å². The molecule has 1 aliphatic rings. The third-order valence-electron chi connectivity index (χ3n) is 4.38. The Bertz CT molecular complexity index is 652. The minimum absolute atomic E-state index is 0.0287. The molecule has 1 aromatic carbocycles. The summed E-state index contributed by atoms with van der Waals surface area (Å²) >= 11 is 1.59. The molecule has 116 valence electrons. The monoisotopic (exact) mass is 315 g/mol. The molecule has 0 saturated heterocycles. The van der Waals surface area contributed by atoms with Crippen LogP contribution in [-0.2, 0) is 4.79 Å². The van der Waals surface area contributed by atoms with E-state index in [-0.39, 0.29) is 11.8 Å². The van der Waals surface area contributed by atoms with Gasteiger partial charge in [-0.2, -0.15) is 0 Å². The van der Waals surface area contributed by atoms with Gasteiger partial charge in [-0.25, -0.2) is 4.98 Å². The zero-order chi connectivity index (χ0) is 15.6. The normalized spacial score (nSPS) is 24.9. The van der Waals surface area contributed by atoms with Gasteiger partial charge in [0.25, 0.3) is 0 Å². The Hall–Kier alpha value is -1.72. The number of anilines is 1. The summed E-state index contributed by atoms with van der Waals surface area (Å²) in [5.74, 6) is -0.0919. The van der Waals surface area contributed by atoms with E-state index in [2.05, 4.69) is 10.3 Å². The van der Waals surface area contributed by atoms with Gasteiger partial charge in [0.05, 0.1) is 5.92 Å². The van der Waals surface area contributed by atoms with E-state index in [0.29, 0.717) is 0 Å². The van der Waals surface area contributed by atoms with Gasteiger partial charge in [-0.15, -0.1) is 11.3 Å². The lowest BCUT2D eigenvalue weighted by Crippen LogP contribution is -2.51. The number of nitrogens with two attached hydrogens (primary N) is 1. The number of hydrogen-bond donors (Lipinski definition) is 2. The maximum absolute atomic E-state index is 12.6. The second kappa shape index (κ2) is 6.18. The van der Waals surface area contributed by atoms with E-state index in [0.717, 1.165) is 41.9 Å². The number of amides is 1. The van der Waals surface area contributed by atoms with Crippen LogP contribution >= 0.6 is 11.3 Å². The lowest BCUT2D eigenvalue weighted by atomic mass is 9.74. The quantitative estimate of drug-likeness (QED) is 0.908. The summed E-state index contributed by atoms with van der Waals surface area (Å²) in [6.45, 7) is 1.99. The van der Waals surface area contributed by atoms with Gasteiger partial charge in [0, 0.05) is 28.4 Å². The Labute approximate surface area is 134 Å². The fourth-order valence-electron chi connectivity index (χ4n) is 3.11. The number of carbonyl (C=O) groups excluding carboxylic acids is 1. The van der Waals surface area contributed by atoms with Crippen LogP contribution in [-0.4, -0.2) is 16.4 Å². The second-order valence-corrected chi connectivity index (χ2v) is 7.11. The molecule has 2 atom stereocenters. The fraction of sp³-hybridized carbons (Fsp3) is 0.412. The van der Waals surface area contributed by atoms with E-state index in [1.54, 1.807) is 17.5 Å². The number of nitrogens with one attached hydrogen (secondary N) is 1. The zero-order valence-electron chi connectivity index (χ0n) is 12.7. The van der Waals surface area contributed by atoms with Crippen molar-refractivity contribution in [1.29, 1.82) is 0 Å². The van der Waals surface area contributed by atoms with Crippen molar-refractivity contribution in [3.8, 4) is 10.6 Å². The molecule has 22 heavy (non-hydrogen) atoms. The summed E-state index contributed by atoms with van der Waals surface area (Å²) in [6, 6.07) is 7.82. The van der Waals surface area contributed by atoms with Crippen molar-refractivity contribution in [2.75, 3.05) is 5.32 Å². The largest absolute Gasteiger partial charge is 0.326 e. The molecule has 0 bridgehead atoms. The average molecular weight is 315 g/mol. The molecule has 1 amide bonds. The molecule has 1 aromatic heterocycles. The van der Waals surface area contributed by atoms with Crippen molar-refractivity contribution in [3.63, 3.8) is 0 Å². The van der Waals surface area contributed by atoms with Crippen molar-refractivity contribution in [3.05, 3.63) is 35.8 Å². The highest BCUT2D eigenvalue weighted by Gasteiger charge is 2.37. The molecule has 1 saturated carbocycles. The van der Waals surface area contributed by atoms with Crippen molar-refractivity contribution >= 4 is 22.9 Å². The smallest absolute Gasteiger partial charge is 0.229 e. The van der Waals surface area contributed by atoms with Gasteiger partial charge in [0.1, 0.15) is 5.01 Å². The lowest BCUT2D eigenvalue weighted by Gasteiger charge is -2.37. The summed E-state index contributed by atoms with van der Waals surface area (Å²) in [5.41, 5.74) is 7.73. The summed E-state index contributed by atoms with van der Waals surface area (Å²) < 4.78 is 0. The lowest BCUT2D eigenvalue weighted by molar-refractivity contribution is -0.122. The highest BCUT2D eigenvalue weighted by atomic mass is 32.1. The maximum Gasteiger partial charge on any atom is 0.229 e. The molecular formula is C17H21N3OS. The minimum atomic E-state index is -0.407. The molecule has 2 unspecified atom stereocenters. The first-order chi connectivity index (χ1) is 10.6. The molecule has 1 fully saturated rings. The molecular weight excluding hydrogens is 294 g/mol. The third-order valence-corrected chi connectivity index (χ3v) is 5.20. The van der Waals surface area contributed by atoms with Crippen LogP contribution in [0.25, 0.3) is 10.6 Å². The van der Waals surface area contributed by atoms with Crippen molar-refractivity contribution in [2.24, 2.45) is 11.7 Å². The van der Waals surface area contributed by atoms with E-state index in [4.69, 9.17) is 5.73 Å². The first kappa shape index (κ1) is 15.2. The van der Waals surface area contributed by atoms with Gasteiger partial charge in [0.2, 0.25) is 5.91 Å². The predicted octanol–water partition coefficient (Wildman–Crippen LogP) is 3.66. The molecule has 0 aliphatic heterocycles. The molecule has 2 aromatic rings. The Morgan fingerprint density at radius 1 is 1.45 bits per heavy atom. The number of hydrogen-bond acceptors (Lipinski definition) is 4. The Balaban J connectivity index is 1.75. The molecule has 0 radical (unpaired) electrons. The molecule has 0 spiro atoms. The van der Waals surface area contributed by atoms with Gasteiger partial charge in [0.15, 0.2) is 0 Å². The Kier molecular flexibility index (Phi) is 4.27. The van der Waals surface area contributed by atoms with Crippen molar-refractivity contribution < 1.29 is 4.79 Å². The molecule has 4 nitrogen and oxygen atoms in total. The molecule has 1 aliphatic carbocycles. The number of rotatable bonds is 3. The van der Waals surface area contributed by atoms with Crippen molar-refractivity contribution in [1.82, 2.24) is 4.98 Å². The Morgan fingerprint density at radius 2 is 2.32 bits per heavy atom. The van der Waals surface area contributed by atoms with Gasteiger partial charge in [-0.1, -0.05) is 25.0 Å². The standard InChI is InChI=1S/C17H21N3OS/c1-17(18)8-3-2-7-14(17)15(21)20-13-6-4-5-12(11-13)16-19-9-10-22-16/h4-6,9-11,14H,2-3,7-8,18H2,1H3,(H,20,21). The highest BCUT2D eigenvalue weighted by Crippen LogP contribution is 2.33.